The number of anilines is 1. The average molecular weight is 551 g/mol. The smallest absolute Gasteiger partial charge is 0.346 e. The van der Waals surface area contributed by atoms with E-state index in [1.54, 1.807) is 24.4 Å². The molecular formula is C29H26F4N6O. The van der Waals surface area contributed by atoms with Crippen LogP contribution in [0.2, 0.25) is 0 Å². The normalized spacial score (nSPS) is 14.6. The highest BCUT2D eigenvalue weighted by atomic mass is 19.4. The number of aromatic nitrogens is 3. The van der Waals surface area contributed by atoms with Crippen LogP contribution in [0.4, 0.5) is 23.2 Å². The monoisotopic (exact) mass is 550 g/mol. The number of fused-ring (bicyclic) bond motifs is 1. The summed E-state index contributed by atoms with van der Waals surface area (Å²) < 4.78 is 56.2. The third kappa shape index (κ3) is 6.47. The van der Waals surface area contributed by atoms with E-state index in [1.165, 1.54) is 24.5 Å². The number of benzene rings is 1. The third-order valence-electron chi connectivity index (χ3n) is 6.71. The summed E-state index contributed by atoms with van der Waals surface area (Å²) in [6.45, 7) is 3.17. The van der Waals surface area contributed by atoms with E-state index in [9.17, 15) is 22.4 Å². The fraction of sp³-hybridized carbons (Fsp3) is 0.276. The second kappa shape index (κ2) is 11.5. The number of pyridine rings is 2. The Labute approximate surface area is 228 Å². The summed E-state index contributed by atoms with van der Waals surface area (Å²) in [5.74, 6) is 4.58. The number of halogens is 4. The molecule has 5 rings (SSSR count). The number of likely N-dealkylation sites (N-methyl/N-ethyl adjacent to an activating group) is 1. The quantitative estimate of drug-likeness (QED) is 0.284. The van der Waals surface area contributed by atoms with Crippen molar-refractivity contribution in [3.8, 4) is 11.8 Å². The highest BCUT2D eigenvalue weighted by Gasteiger charge is 2.34. The Morgan fingerprint density at radius 1 is 1.07 bits per heavy atom. The minimum absolute atomic E-state index is 0.0542. The number of alkyl halides is 3. The summed E-state index contributed by atoms with van der Waals surface area (Å²) in [6.07, 6.45) is -0.345. The number of carbonyl (C=O) groups excluding carboxylic acids is 1. The van der Waals surface area contributed by atoms with Crippen molar-refractivity contribution >= 4 is 22.6 Å². The van der Waals surface area contributed by atoms with Gasteiger partial charge in [-0.2, -0.15) is 13.2 Å². The fourth-order valence-corrected chi connectivity index (χ4v) is 4.53. The number of rotatable bonds is 5. The molecule has 0 aliphatic carbocycles. The molecule has 0 saturated carbocycles. The molecule has 0 spiro atoms. The van der Waals surface area contributed by atoms with Gasteiger partial charge in [-0.15, -0.1) is 0 Å². The van der Waals surface area contributed by atoms with Crippen molar-refractivity contribution in [1.82, 2.24) is 24.8 Å². The number of nitrogens with zero attached hydrogens (tertiary/aromatic N) is 4. The zero-order chi connectivity index (χ0) is 28.3. The van der Waals surface area contributed by atoms with E-state index in [-0.39, 0.29) is 29.8 Å². The predicted molar refractivity (Wildman–Crippen MR) is 143 cm³/mol. The van der Waals surface area contributed by atoms with E-state index < -0.39 is 23.5 Å². The van der Waals surface area contributed by atoms with E-state index in [0.717, 1.165) is 19.2 Å². The molecule has 0 atom stereocenters. The third-order valence-corrected chi connectivity index (χ3v) is 6.71. The molecule has 7 nitrogen and oxygen atoms in total. The maximum absolute atomic E-state index is 14.6. The number of aromatic amines is 1. The first-order valence-electron chi connectivity index (χ1n) is 12.6. The van der Waals surface area contributed by atoms with Gasteiger partial charge in [0, 0.05) is 62.6 Å². The molecule has 1 saturated heterocycles. The van der Waals surface area contributed by atoms with E-state index in [4.69, 9.17) is 0 Å². The van der Waals surface area contributed by atoms with Gasteiger partial charge in [0.2, 0.25) is 5.91 Å². The van der Waals surface area contributed by atoms with Crippen molar-refractivity contribution in [3.05, 3.63) is 88.8 Å². The Kier molecular flexibility index (Phi) is 7.82. The van der Waals surface area contributed by atoms with Crippen LogP contribution in [0.5, 0.6) is 0 Å². The summed E-state index contributed by atoms with van der Waals surface area (Å²) in [6, 6.07) is 8.64. The molecule has 4 aromatic rings. The summed E-state index contributed by atoms with van der Waals surface area (Å²) in [4.78, 5) is 27.9. The second-order valence-electron chi connectivity index (χ2n) is 9.69. The molecule has 1 aliphatic rings. The number of carbonyl (C=O) groups is 1. The van der Waals surface area contributed by atoms with Gasteiger partial charge in [-0.05, 0) is 42.9 Å². The van der Waals surface area contributed by atoms with Crippen molar-refractivity contribution < 1.29 is 22.4 Å². The summed E-state index contributed by atoms with van der Waals surface area (Å²) in [7, 11) is 1.99. The molecule has 11 heteroatoms. The summed E-state index contributed by atoms with van der Waals surface area (Å²) in [5, 5.41) is 2.88. The Morgan fingerprint density at radius 2 is 1.88 bits per heavy atom. The van der Waals surface area contributed by atoms with Crippen LogP contribution < -0.4 is 5.32 Å². The topological polar surface area (TPSA) is 77.1 Å². The molecule has 4 heterocycles. The highest BCUT2D eigenvalue weighted by Crippen LogP contribution is 2.34. The zero-order valence-electron chi connectivity index (χ0n) is 21.6. The zero-order valence-corrected chi connectivity index (χ0v) is 21.6. The SMILES string of the molecule is CN1CCN(Cc2ccc(NC(=O)Cc3cc(C#Cc4cnc5[nH]ccc5c4F)ccn3)cc2C(F)(F)F)CC1. The summed E-state index contributed by atoms with van der Waals surface area (Å²) in [5.41, 5.74) is 0.876. The van der Waals surface area contributed by atoms with E-state index in [2.05, 4.69) is 37.0 Å². The van der Waals surface area contributed by atoms with Gasteiger partial charge in [-0.25, -0.2) is 9.37 Å². The first-order chi connectivity index (χ1) is 19.2. The molecule has 2 N–H and O–H groups in total. The fourth-order valence-electron chi connectivity index (χ4n) is 4.53. The van der Waals surface area contributed by atoms with Gasteiger partial charge in [0.25, 0.3) is 0 Å². The minimum Gasteiger partial charge on any atom is -0.346 e. The summed E-state index contributed by atoms with van der Waals surface area (Å²) >= 11 is 0. The molecule has 1 aromatic carbocycles. The number of hydrogen-bond acceptors (Lipinski definition) is 5. The number of piperazine rings is 1. The van der Waals surface area contributed by atoms with Crippen LogP contribution >= 0.6 is 0 Å². The molecule has 1 aliphatic heterocycles. The van der Waals surface area contributed by atoms with Gasteiger partial charge in [-0.3, -0.25) is 14.7 Å². The molecule has 0 unspecified atom stereocenters. The first kappa shape index (κ1) is 27.3. The Balaban J connectivity index is 1.26. The van der Waals surface area contributed by atoms with Crippen molar-refractivity contribution in [2.75, 3.05) is 38.5 Å². The van der Waals surface area contributed by atoms with Crippen LogP contribution in [-0.4, -0.2) is 63.9 Å². The molecule has 3 aromatic heterocycles. The first-order valence-corrected chi connectivity index (χ1v) is 12.6. The van der Waals surface area contributed by atoms with Gasteiger partial charge in [0.15, 0.2) is 5.82 Å². The lowest BCUT2D eigenvalue weighted by molar-refractivity contribution is -0.138. The van der Waals surface area contributed by atoms with E-state index in [1.807, 2.05) is 11.9 Å². The number of H-pyrrole nitrogens is 1. The molecular weight excluding hydrogens is 524 g/mol. The lowest BCUT2D eigenvalue weighted by Crippen LogP contribution is -2.44. The van der Waals surface area contributed by atoms with Gasteiger partial charge < -0.3 is 15.2 Å². The van der Waals surface area contributed by atoms with Crippen LogP contribution in [0, 0.1) is 17.7 Å². The van der Waals surface area contributed by atoms with Gasteiger partial charge in [0.1, 0.15) is 5.65 Å². The minimum atomic E-state index is -4.56. The Hall–Kier alpha value is -4.27. The maximum atomic E-state index is 14.6. The highest BCUT2D eigenvalue weighted by molar-refractivity contribution is 5.92. The Bertz CT molecular complexity index is 1600. The van der Waals surface area contributed by atoms with E-state index >= 15 is 0 Å². The molecule has 0 bridgehead atoms. The second-order valence-corrected chi connectivity index (χ2v) is 9.69. The number of hydrogen-bond donors (Lipinski definition) is 2. The number of nitrogens with one attached hydrogen (secondary N) is 2. The van der Waals surface area contributed by atoms with Crippen LogP contribution in [0.15, 0.2) is 55.0 Å². The predicted octanol–water partition coefficient (Wildman–Crippen LogP) is 4.44. The maximum Gasteiger partial charge on any atom is 0.416 e. The molecule has 206 valence electrons. The van der Waals surface area contributed by atoms with Crippen molar-refractivity contribution in [1.29, 1.82) is 0 Å². The standard InChI is InChI=1S/C29H26F4N6O/c1-38-10-12-39(13-11-38)18-21-4-5-22(15-25(21)29(31,32)33)37-26(40)16-23-14-19(6-8-34-23)2-3-20-17-36-28-24(27(20)30)7-9-35-28/h4-9,14-15,17H,10-13,16,18H2,1H3,(H,35,36)(H,37,40). The van der Waals surface area contributed by atoms with Crippen LogP contribution in [0.25, 0.3) is 11.0 Å². The lowest BCUT2D eigenvalue weighted by atomic mass is 10.0. The number of amides is 1. The van der Waals surface area contributed by atoms with Crippen molar-refractivity contribution in [2.45, 2.75) is 19.1 Å². The Morgan fingerprint density at radius 3 is 2.65 bits per heavy atom. The largest absolute Gasteiger partial charge is 0.416 e. The molecule has 1 fully saturated rings. The molecule has 0 radical (unpaired) electrons. The lowest BCUT2D eigenvalue weighted by Gasteiger charge is -2.33. The van der Waals surface area contributed by atoms with Crippen LogP contribution in [0.3, 0.4) is 0 Å². The van der Waals surface area contributed by atoms with Crippen molar-refractivity contribution in [2.24, 2.45) is 0 Å². The van der Waals surface area contributed by atoms with E-state index in [0.29, 0.717) is 35.4 Å². The molecule has 40 heavy (non-hydrogen) atoms. The molecule has 1 amide bonds. The van der Waals surface area contributed by atoms with Gasteiger partial charge in [-0.1, -0.05) is 17.9 Å². The van der Waals surface area contributed by atoms with Crippen LogP contribution in [0.1, 0.15) is 27.9 Å². The van der Waals surface area contributed by atoms with Crippen molar-refractivity contribution in [3.63, 3.8) is 0 Å². The average Bonchev–Trinajstić information content (AvgIpc) is 3.40. The van der Waals surface area contributed by atoms with Gasteiger partial charge in [0.05, 0.1) is 28.6 Å². The van der Waals surface area contributed by atoms with Crippen LogP contribution in [-0.2, 0) is 23.9 Å². The van der Waals surface area contributed by atoms with Gasteiger partial charge >= 0.3 is 6.18 Å².